The molecule has 1 amide bonds. The van der Waals surface area contributed by atoms with Gasteiger partial charge in [0.05, 0.1) is 7.11 Å². The van der Waals surface area contributed by atoms with Crippen LogP contribution in [0, 0.1) is 6.92 Å². The summed E-state index contributed by atoms with van der Waals surface area (Å²) in [6.45, 7) is 3.24. The molecule has 1 aromatic rings. The molecule has 8 heteroatoms. The quantitative estimate of drug-likeness (QED) is 0.806. The molecule has 0 aromatic heterocycles. The molecule has 1 fully saturated rings. The Kier molecular flexibility index (Phi) is 7.07. The van der Waals surface area contributed by atoms with Gasteiger partial charge in [0.25, 0.3) is 0 Å². The van der Waals surface area contributed by atoms with E-state index in [0.29, 0.717) is 31.7 Å². The number of piperidine rings is 1. The highest BCUT2D eigenvalue weighted by molar-refractivity contribution is 7.92. The Bertz CT molecular complexity index is 685. The average Bonchev–Trinajstić information content (AvgIpc) is 2.52. The van der Waals surface area contributed by atoms with Crippen molar-refractivity contribution < 1.29 is 17.9 Å². The summed E-state index contributed by atoms with van der Waals surface area (Å²) in [6, 6.07) is 5.70. The van der Waals surface area contributed by atoms with Crippen molar-refractivity contribution in [3.05, 3.63) is 29.3 Å². The van der Waals surface area contributed by atoms with E-state index >= 15 is 0 Å². The number of halogens is 1. The maximum absolute atomic E-state index is 12.6. The Balaban J connectivity index is 0.00000288. The van der Waals surface area contributed by atoms with Crippen LogP contribution in [0.5, 0.6) is 5.75 Å². The molecule has 0 spiro atoms. The first-order valence-electron chi connectivity index (χ1n) is 7.62. The molecule has 24 heavy (non-hydrogen) atoms. The molecule has 0 saturated carbocycles. The van der Waals surface area contributed by atoms with Crippen molar-refractivity contribution in [1.29, 1.82) is 0 Å². The number of hydrogen-bond acceptors (Lipinski definition) is 5. The molecule has 1 aliphatic heterocycles. The molecule has 0 unspecified atom stereocenters. The highest BCUT2D eigenvalue weighted by atomic mass is 35.5. The van der Waals surface area contributed by atoms with Crippen molar-refractivity contribution in [2.24, 2.45) is 0 Å². The molecule has 1 aromatic carbocycles. The molecule has 0 bridgehead atoms. The van der Waals surface area contributed by atoms with E-state index in [2.05, 4.69) is 10.6 Å². The fourth-order valence-electron chi connectivity index (χ4n) is 2.93. The summed E-state index contributed by atoms with van der Waals surface area (Å²) < 4.78 is 28.4. The first-order chi connectivity index (χ1) is 10.8. The van der Waals surface area contributed by atoms with Crippen molar-refractivity contribution in [3.63, 3.8) is 0 Å². The van der Waals surface area contributed by atoms with E-state index in [0.717, 1.165) is 17.4 Å². The zero-order chi connectivity index (χ0) is 17.1. The summed E-state index contributed by atoms with van der Waals surface area (Å²) in [5, 5.41) is 5.88. The Morgan fingerprint density at radius 2 is 1.96 bits per heavy atom. The van der Waals surface area contributed by atoms with E-state index in [1.165, 1.54) is 0 Å². The summed E-state index contributed by atoms with van der Waals surface area (Å²) in [7, 11) is -1.92. The predicted octanol–water partition coefficient (Wildman–Crippen LogP) is 1.21. The van der Waals surface area contributed by atoms with Crippen LogP contribution in [-0.4, -0.2) is 45.5 Å². The normalized spacial score (nSPS) is 16.8. The summed E-state index contributed by atoms with van der Waals surface area (Å²) >= 11 is 0. The van der Waals surface area contributed by atoms with Gasteiger partial charge in [-0.1, -0.05) is 12.1 Å². The topological polar surface area (TPSA) is 84.5 Å². The molecule has 2 N–H and O–H groups in total. The number of sulfone groups is 1. The third kappa shape index (κ3) is 4.20. The Morgan fingerprint density at radius 3 is 2.50 bits per heavy atom. The zero-order valence-electron chi connectivity index (χ0n) is 14.2. The van der Waals surface area contributed by atoms with Gasteiger partial charge in [-0.3, -0.25) is 4.79 Å². The highest BCUT2D eigenvalue weighted by Gasteiger charge is 2.48. The van der Waals surface area contributed by atoms with E-state index in [1.807, 2.05) is 25.1 Å². The van der Waals surface area contributed by atoms with Crippen LogP contribution >= 0.6 is 12.4 Å². The number of carbonyl (C=O) groups excluding carboxylic acids is 1. The monoisotopic (exact) mass is 376 g/mol. The van der Waals surface area contributed by atoms with Gasteiger partial charge in [0.1, 0.15) is 5.75 Å². The van der Waals surface area contributed by atoms with Crippen LogP contribution in [-0.2, 0) is 21.2 Å². The van der Waals surface area contributed by atoms with Gasteiger partial charge >= 0.3 is 0 Å². The number of benzene rings is 1. The third-order valence-corrected chi connectivity index (χ3v) is 6.43. The SMILES string of the molecule is COc1cc(C)ccc1CNC(=O)C1(S(C)(=O)=O)CCNCC1.Cl. The van der Waals surface area contributed by atoms with Crippen molar-refractivity contribution in [2.75, 3.05) is 26.5 Å². The number of methoxy groups -OCH3 is 1. The number of carbonyl (C=O) groups is 1. The molecule has 136 valence electrons. The second-order valence-corrected chi connectivity index (χ2v) is 8.34. The Labute approximate surface area is 149 Å². The minimum absolute atomic E-state index is 0. The molecule has 0 atom stereocenters. The number of nitrogens with one attached hydrogen (secondary N) is 2. The van der Waals surface area contributed by atoms with Gasteiger partial charge in [0.15, 0.2) is 14.6 Å². The molecular formula is C16H25ClN2O4S. The standard InChI is InChI=1S/C16H24N2O4S.ClH/c1-12-4-5-13(14(10-12)22-2)11-18-15(19)16(23(3,20)21)6-8-17-9-7-16;/h4-5,10,17H,6-9,11H2,1-3H3,(H,18,19);1H. The van der Waals surface area contributed by atoms with Gasteiger partial charge in [-0.15, -0.1) is 12.4 Å². The highest BCUT2D eigenvalue weighted by Crippen LogP contribution is 2.28. The molecule has 1 saturated heterocycles. The minimum atomic E-state index is -3.50. The summed E-state index contributed by atoms with van der Waals surface area (Å²) in [6.07, 6.45) is 1.73. The first-order valence-corrected chi connectivity index (χ1v) is 9.51. The van der Waals surface area contributed by atoms with Gasteiger partial charge in [0, 0.05) is 18.4 Å². The minimum Gasteiger partial charge on any atom is -0.496 e. The van der Waals surface area contributed by atoms with Crippen LogP contribution in [0.15, 0.2) is 18.2 Å². The smallest absolute Gasteiger partial charge is 0.241 e. The molecule has 1 aliphatic rings. The predicted molar refractivity (Wildman–Crippen MR) is 96.5 cm³/mol. The lowest BCUT2D eigenvalue weighted by molar-refractivity contribution is -0.124. The van der Waals surface area contributed by atoms with E-state index in [9.17, 15) is 13.2 Å². The molecule has 0 radical (unpaired) electrons. The lowest BCUT2D eigenvalue weighted by atomic mass is 9.95. The summed E-state index contributed by atoms with van der Waals surface area (Å²) in [5.41, 5.74) is 1.88. The van der Waals surface area contributed by atoms with Crippen LogP contribution in [0.1, 0.15) is 24.0 Å². The van der Waals surface area contributed by atoms with Gasteiger partial charge in [-0.25, -0.2) is 8.42 Å². The number of aryl methyl sites for hydroxylation is 1. The summed E-state index contributed by atoms with van der Waals surface area (Å²) in [5.74, 6) is 0.258. The van der Waals surface area contributed by atoms with Crippen molar-refractivity contribution >= 4 is 28.2 Å². The Hall–Kier alpha value is -1.31. The number of hydrogen-bond donors (Lipinski definition) is 2. The van der Waals surface area contributed by atoms with Crippen molar-refractivity contribution in [3.8, 4) is 5.75 Å². The number of rotatable bonds is 5. The second-order valence-electron chi connectivity index (χ2n) is 6.01. The van der Waals surface area contributed by atoms with Crippen LogP contribution in [0.3, 0.4) is 0 Å². The molecule has 6 nitrogen and oxygen atoms in total. The maximum atomic E-state index is 12.6. The van der Waals surface area contributed by atoms with Crippen LogP contribution in [0.2, 0.25) is 0 Å². The van der Waals surface area contributed by atoms with Gasteiger partial charge < -0.3 is 15.4 Å². The van der Waals surface area contributed by atoms with Crippen LogP contribution in [0.4, 0.5) is 0 Å². The largest absolute Gasteiger partial charge is 0.496 e. The molecule has 0 aliphatic carbocycles. The maximum Gasteiger partial charge on any atom is 0.241 e. The first kappa shape index (κ1) is 20.7. The average molecular weight is 377 g/mol. The van der Waals surface area contributed by atoms with Crippen LogP contribution < -0.4 is 15.4 Å². The second kappa shape index (κ2) is 8.18. The zero-order valence-corrected chi connectivity index (χ0v) is 15.9. The Morgan fingerprint density at radius 1 is 1.33 bits per heavy atom. The van der Waals surface area contributed by atoms with Gasteiger partial charge in [-0.2, -0.15) is 0 Å². The van der Waals surface area contributed by atoms with Gasteiger partial charge in [0.2, 0.25) is 5.91 Å². The number of amides is 1. The fraction of sp³-hybridized carbons (Fsp3) is 0.562. The lowest BCUT2D eigenvalue weighted by Gasteiger charge is -2.34. The third-order valence-electron chi connectivity index (χ3n) is 4.42. The summed E-state index contributed by atoms with van der Waals surface area (Å²) in [4.78, 5) is 12.6. The van der Waals surface area contributed by atoms with E-state index in [4.69, 9.17) is 4.74 Å². The molecular weight excluding hydrogens is 352 g/mol. The van der Waals surface area contributed by atoms with Crippen LogP contribution in [0.25, 0.3) is 0 Å². The van der Waals surface area contributed by atoms with E-state index in [-0.39, 0.29) is 19.0 Å². The van der Waals surface area contributed by atoms with Crippen molar-refractivity contribution in [1.82, 2.24) is 10.6 Å². The number of ether oxygens (including phenoxy) is 1. The van der Waals surface area contributed by atoms with Gasteiger partial charge in [-0.05, 0) is 44.5 Å². The fourth-order valence-corrected chi connectivity index (χ4v) is 4.29. The lowest BCUT2D eigenvalue weighted by Crippen LogP contribution is -2.57. The molecule has 2 rings (SSSR count). The van der Waals surface area contributed by atoms with E-state index in [1.54, 1.807) is 7.11 Å². The molecule has 1 heterocycles. The van der Waals surface area contributed by atoms with E-state index < -0.39 is 20.5 Å². The van der Waals surface area contributed by atoms with Crippen molar-refractivity contribution in [2.45, 2.75) is 31.1 Å².